The second kappa shape index (κ2) is 7.81. The summed E-state index contributed by atoms with van der Waals surface area (Å²) in [6.07, 6.45) is 4.53. The predicted molar refractivity (Wildman–Crippen MR) is 91.9 cm³/mol. The summed E-state index contributed by atoms with van der Waals surface area (Å²) in [6, 6.07) is 1.92. The normalized spacial score (nSPS) is 18.4. The van der Waals surface area contributed by atoms with E-state index in [0.717, 1.165) is 27.7 Å². The van der Waals surface area contributed by atoms with Crippen molar-refractivity contribution in [2.45, 2.75) is 26.7 Å². The Balaban J connectivity index is 1.63. The fourth-order valence-electron chi connectivity index (χ4n) is 2.95. The fraction of sp³-hybridized carbons (Fsp3) is 0.529. The minimum absolute atomic E-state index is 0.153. The Hall–Kier alpha value is -1.86. The summed E-state index contributed by atoms with van der Waals surface area (Å²) < 4.78 is 5.69. The van der Waals surface area contributed by atoms with E-state index < -0.39 is 0 Å². The molecule has 0 saturated carbocycles. The zero-order valence-corrected chi connectivity index (χ0v) is 14.9. The van der Waals surface area contributed by atoms with E-state index in [-0.39, 0.29) is 11.8 Å². The molecule has 1 aliphatic heterocycles. The number of ether oxygens (including phenoxy) is 1. The molecule has 3 heterocycles. The van der Waals surface area contributed by atoms with Crippen molar-refractivity contribution in [3.8, 4) is 0 Å². The summed E-state index contributed by atoms with van der Waals surface area (Å²) >= 11 is 1.61. The van der Waals surface area contributed by atoms with Gasteiger partial charge in [0.2, 0.25) is 5.91 Å². The maximum absolute atomic E-state index is 12.7. The molecule has 1 unspecified atom stereocenters. The maximum Gasteiger partial charge on any atom is 0.227 e. The lowest BCUT2D eigenvalue weighted by molar-refractivity contribution is -0.130. The van der Waals surface area contributed by atoms with Crippen LogP contribution in [0.25, 0.3) is 0 Å². The van der Waals surface area contributed by atoms with Gasteiger partial charge in [0, 0.05) is 35.8 Å². The Labute approximate surface area is 145 Å². The van der Waals surface area contributed by atoms with Gasteiger partial charge in [-0.05, 0) is 26.3 Å². The molecule has 0 spiro atoms. The number of thiazole rings is 1. The zero-order chi connectivity index (χ0) is 16.9. The van der Waals surface area contributed by atoms with Crippen molar-refractivity contribution in [1.29, 1.82) is 0 Å². The highest BCUT2D eigenvalue weighted by molar-refractivity contribution is 7.11. The number of carbonyl (C=O) groups excluding carboxylic acids is 1. The Kier molecular flexibility index (Phi) is 5.52. The molecule has 2 aromatic heterocycles. The van der Waals surface area contributed by atoms with Crippen molar-refractivity contribution in [1.82, 2.24) is 19.9 Å². The number of nitrogens with zero attached hydrogens (tertiary/aromatic N) is 4. The highest BCUT2D eigenvalue weighted by atomic mass is 32.1. The molecule has 0 aromatic carbocycles. The Morgan fingerprint density at radius 1 is 1.46 bits per heavy atom. The van der Waals surface area contributed by atoms with Crippen LogP contribution in [0.3, 0.4) is 0 Å². The van der Waals surface area contributed by atoms with Crippen LogP contribution in [0.4, 0.5) is 0 Å². The van der Waals surface area contributed by atoms with E-state index in [9.17, 15) is 4.79 Å². The number of carbonyl (C=O) groups is 1. The lowest BCUT2D eigenvalue weighted by Gasteiger charge is -2.23. The van der Waals surface area contributed by atoms with Gasteiger partial charge in [-0.25, -0.2) is 15.0 Å². The molecule has 7 heteroatoms. The second-order valence-corrected chi connectivity index (χ2v) is 7.39. The zero-order valence-electron chi connectivity index (χ0n) is 14.1. The standard InChI is InChI=1S/C17H22N4O2S/c1-12-16(24-13(2)20-12)8-17(22)21-5-6-23-10-14(9-21)7-15-3-4-18-11-19-15/h3-4,11,14H,5-10H2,1-2H3. The molecule has 1 amide bonds. The topological polar surface area (TPSA) is 68.2 Å². The molecule has 0 N–H and O–H groups in total. The van der Waals surface area contributed by atoms with Gasteiger partial charge < -0.3 is 9.64 Å². The highest BCUT2D eigenvalue weighted by Crippen LogP contribution is 2.20. The predicted octanol–water partition coefficient (Wildman–Crippen LogP) is 1.81. The summed E-state index contributed by atoms with van der Waals surface area (Å²) in [5.41, 5.74) is 1.95. The van der Waals surface area contributed by atoms with E-state index in [2.05, 4.69) is 15.0 Å². The highest BCUT2D eigenvalue weighted by Gasteiger charge is 2.24. The smallest absolute Gasteiger partial charge is 0.227 e. The molecule has 1 fully saturated rings. The first kappa shape index (κ1) is 17.0. The first-order chi connectivity index (χ1) is 11.6. The fourth-order valence-corrected chi connectivity index (χ4v) is 3.88. The third-order valence-electron chi connectivity index (χ3n) is 4.14. The van der Waals surface area contributed by atoms with Crippen LogP contribution >= 0.6 is 11.3 Å². The van der Waals surface area contributed by atoms with E-state index in [0.29, 0.717) is 32.7 Å². The minimum Gasteiger partial charge on any atom is -0.379 e. The molecule has 1 saturated heterocycles. The molecule has 24 heavy (non-hydrogen) atoms. The number of hydrogen-bond acceptors (Lipinski definition) is 6. The molecule has 3 rings (SSSR count). The van der Waals surface area contributed by atoms with Gasteiger partial charge in [0.15, 0.2) is 0 Å². The number of hydrogen-bond donors (Lipinski definition) is 0. The molecule has 1 atom stereocenters. The molecule has 6 nitrogen and oxygen atoms in total. The van der Waals surface area contributed by atoms with Gasteiger partial charge in [0.25, 0.3) is 0 Å². The van der Waals surface area contributed by atoms with Crippen LogP contribution in [0.15, 0.2) is 18.6 Å². The van der Waals surface area contributed by atoms with Crippen molar-refractivity contribution < 1.29 is 9.53 Å². The van der Waals surface area contributed by atoms with E-state index >= 15 is 0 Å². The van der Waals surface area contributed by atoms with Crippen LogP contribution in [0.1, 0.15) is 21.3 Å². The average Bonchev–Trinajstić information content (AvgIpc) is 2.76. The van der Waals surface area contributed by atoms with Crippen LogP contribution in [0, 0.1) is 19.8 Å². The number of rotatable bonds is 4. The van der Waals surface area contributed by atoms with Crippen molar-refractivity contribution >= 4 is 17.2 Å². The molecule has 0 radical (unpaired) electrons. The summed E-state index contributed by atoms with van der Waals surface area (Å²) in [4.78, 5) is 28.3. The summed E-state index contributed by atoms with van der Waals surface area (Å²) in [7, 11) is 0. The van der Waals surface area contributed by atoms with Crippen LogP contribution in [0.2, 0.25) is 0 Å². The molecule has 0 bridgehead atoms. The molecule has 1 aliphatic rings. The summed E-state index contributed by atoms with van der Waals surface area (Å²) in [6.45, 7) is 6.55. The monoisotopic (exact) mass is 346 g/mol. The molecule has 0 aliphatic carbocycles. The Bertz CT molecular complexity index is 689. The first-order valence-corrected chi connectivity index (χ1v) is 8.97. The Morgan fingerprint density at radius 2 is 2.33 bits per heavy atom. The quantitative estimate of drug-likeness (QED) is 0.844. The van der Waals surface area contributed by atoms with Gasteiger partial charge in [-0.1, -0.05) is 0 Å². The van der Waals surface area contributed by atoms with Gasteiger partial charge in [-0.3, -0.25) is 4.79 Å². The van der Waals surface area contributed by atoms with Gasteiger partial charge in [-0.2, -0.15) is 0 Å². The van der Waals surface area contributed by atoms with Crippen molar-refractivity contribution in [2.24, 2.45) is 5.92 Å². The van der Waals surface area contributed by atoms with Crippen molar-refractivity contribution in [2.75, 3.05) is 26.3 Å². The number of aryl methyl sites for hydroxylation is 2. The third-order valence-corrected chi connectivity index (χ3v) is 5.22. The largest absolute Gasteiger partial charge is 0.379 e. The lowest BCUT2D eigenvalue weighted by Crippen LogP contribution is -2.37. The molecule has 2 aromatic rings. The second-order valence-electron chi connectivity index (χ2n) is 6.10. The van der Waals surface area contributed by atoms with Crippen LogP contribution in [-0.4, -0.2) is 52.1 Å². The van der Waals surface area contributed by atoms with Crippen molar-refractivity contribution in [3.05, 3.63) is 39.9 Å². The summed E-state index contributed by atoms with van der Waals surface area (Å²) in [5.74, 6) is 0.413. The molecular weight excluding hydrogens is 324 g/mol. The van der Waals surface area contributed by atoms with Crippen molar-refractivity contribution in [3.63, 3.8) is 0 Å². The minimum atomic E-state index is 0.153. The van der Waals surface area contributed by atoms with Crippen LogP contribution < -0.4 is 0 Å². The maximum atomic E-state index is 12.7. The molecule has 128 valence electrons. The van der Waals surface area contributed by atoms with Crippen LogP contribution in [0.5, 0.6) is 0 Å². The average molecular weight is 346 g/mol. The van der Waals surface area contributed by atoms with E-state index in [1.807, 2.05) is 24.8 Å². The van der Waals surface area contributed by atoms with E-state index in [1.54, 1.807) is 23.9 Å². The van der Waals surface area contributed by atoms with Crippen LogP contribution in [-0.2, 0) is 22.4 Å². The van der Waals surface area contributed by atoms with Gasteiger partial charge >= 0.3 is 0 Å². The number of amides is 1. The Morgan fingerprint density at radius 3 is 3.04 bits per heavy atom. The SMILES string of the molecule is Cc1nc(C)c(CC(=O)N2CCOCC(Cc3ccncn3)C2)s1. The third kappa shape index (κ3) is 4.36. The molecular formula is C17H22N4O2S. The summed E-state index contributed by atoms with van der Waals surface area (Å²) in [5, 5.41) is 1.01. The lowest BCUT2D eigenvalue weighted by atomic mass is 10.0. The van der Waals surface area contributed by atoms with Gasteiger partial charge in [0.05, 0.1) is 30.3 Å². The first-order valence-electron chi connectivity index (χ1n) is 8.15. The van der Waals surface area contributed by atoms with Gasteiger partial charge in [0.1, 0.15) is 6.33 Å². The van der Waals surface area contributed by atoms with Gasteiger partial charge in [-0.15, -0.1) is 11.3 Å². The van der Waals surface area contributed by atoms with E-state index in [1.165, 1.54) is 0 Å². The van der Waals surface area contributed by atoms with E-state index in [4.69, 9.17) is 4.74 Å². The number of aromatic nitrogens is 3.